The van der Waals surface area contributed by atoms with E-state index in [0.29, 0.717) is 6.04 Å². The molecule has 1 unspecified atom stereocenters. The van der Waals surface area contributed by atoms with E-state index in [2.05, 4.69) is 38.2 Å². The molecule has 1 fully saturated rings. The van der Waals surface area contributed by atoms with Crippen LogP contribution in [0, 0.1) is 20.8 Å². The first-order chi connectivity index (χ1) is 8.16. The molecule has 1 heteroatoms. The lowest BCUT2D eigenvalue weighted by Gasteiger charge is -2.18. The number of rotatable bonds is 2. The first-order valence-corrected chi connectivity index (χ1v) is 6.97. The Kier molecular flexibility index (Phi) is 4.22. The average Bonchev–Trinajstić information content (AvgIpc) is 2.54. The Labute approximate surface area is 106 Å². The fourth-order valence-corrected chi connectivity index (χ4v) is 2.78. The molecule has 0 spiro atoms. The molecule has 1 heterocycles. The van der Waals surface area contributed by atoms with Crippen molar-refractivity contribution in [2.24, 2.45) is 0 Å². The maximum Gasteiger partial charge on any atom is 0.0108 e. The Morgan fingerprint density at radius 3 is 2.59 bits per heavy atom. The maximum absolute atomic E-state index is 3.69. The van der Waals surface area contributed by atoms with E-state index in [-0.39, 0.29) is 0 Å². The minimum absolute atomic E-state index is 0.693. The first-order valence-electron chi connectivity index (χ1n) is 6.97. The highest BCUT2D eigenvalue weighted by atomic mass is 14.9. The smallest absolute Gasteiger partial charge is 0.0108 e. The van der Waals surface area contributed by atoms with E-state index in [9.17, 15) is 0 Å². The molecule has 1 atom stereocenters. The largest absolute Gasteiger partial charge is 0.314 e. The van der Waals surface area contributed by atoms with Crippen LogP contribution in [0.5, 0.6) is 0 Å². The van der Waals surface area contributed by atoms with Crippen molar-refractivity contribution in [3.05, 3.63) is 34.4 Å². The third kappa shape index (κ3) is 3.32. The van der Waals surface area contributed by atoms with Gasteiger partial charge in [0.2, 0.25) is 0 Å². The van der Waals surface area contributed by atoms with E-state index in [1.54, 1.807) is 0 Å². The van der Waals surface area contributed by atoms with Gasteiger partial charge in [0.25, 0.3) is 0 Å². The lowest BCUT2D eigenvalue weighted by molar-refractivity contribution is 0.506. The van der Waals surface area contributed by atoms with Crippen molar-refractivity contribution < 1.29 is 0 Å². The SMILES string of the molecule is Cc1cc(C)c(CC2CCCCCN2)cc1C. The molecule has 0 saturated carbocycles. The molecule has 1 aliphatic rings. The summed E-state index contributed by atoms with van der Waals surface area (Å²) in [6.07, 6.45) is 6.68. The molecule has 1 nitrogen and oxygen atoms in total. The molecule has 0 aliphatic carbocycles. The highest BCUT2D eigenvalue weighted by Gasteiger charge is 2.13. The van der Waals surface area contributed by atoms with Gasteiger partial charge in [-0.2, -0.15) is 0 Å². The van der Waals surface area contributed by atoms with Gasteiger partial charge >= 0.3 is 0 Å². The van der Waals surface area contributed by atoms with Crippen LogP contribution in [0.3, 0.4) is 0 Å². The maximum atomic E-state index is 3.69. The summed E-state index contributed by atoms with van der Waals surface area (Å²) in [6.45, 7) is 7.88. The third-order valence-corrected chi connectivity index (χ3v) is 4.08. The second-order valence-electron chi connectivity index (χ2n) is 5.57. The number of hydrogen-bond donors (Lipinski definition) is 1. The minimum Gasteiger partial charge on any atom is -0.314 e. The van der Waals surface area contributed by atoms with E-state index >= 15 is 0 Å². The van der Waals surface area contributed by atoms with Gasteiger partial charge in [0.15, 0.2) is 0 Å². The van der Waals surface area contributed by atoms with Crippen LogP contribution in [0.2, 0.25) is 0 Å². The summed E-state index contributed by atoms with van der Waals surface area (Å²) in [7, 11) is 0. The van der Waals surface area contributed by atoms with Crippen molar-refractivity contribution in [2.75, 3.05) is 6.54 Å². The number of benzene rings is 1. The Morgan fingerprint density at radius 1 is 1.00 bits per heavy atom. The Bertz CT molecular complexity index is 373. The van der Waals surface area contributed by atoms with Gasteiger partial charge < -0.3 is 5.32 Å². The highest BCUT2D eigenvalue weighted by molar-refractivity contribution is 5.36. The van der Waals surface area contributed by atoms with Crippen LogP contribution in [0.25, 0.3) is 0 Å². The topological polar surface area (TPSA) is 12.0 Å². The zero-order chi connectivity index (χ0) is 12.3. The van der Waals surface area contributed by atoms with Gasteiger partial charge in [0.05, 0.1) is 0 Å². The molecule has 1 saturated heterocycles. The van der Waals surface area contributed by atoms with Crippen LogP contribution in [0.1, 0.15) is 47.9 Å². The average molecular weight is 231 g/mol. The molecular weight excluding hydrogens is 206 g/mol. The van der Waals surface area contributed by atoms with E-state index in [4.69, 9.17) is 0 Å². The fraction of sp³-hybridized carbons (Fsp3) is 0.625. The first kappa shape index (κ1) is 12.6. The van der Waals surface area contributed by atoms with Crippen molar-refractivity contribution in [1.29, 1.82) is 0 Å². The van der Waals surface area contributed by atoms with E-state index in [0.717, 1.165) is 0 Å². The lowest BCUT2D eigenvalue weighted by Crippen LogP contribution is -2.30. The Hall–Kier alpha value is -0.820. The molecule has 17 heavy (non-hydrogen) atoms. The molecular formula is C16H25N. The normalized spacial score (nSPS) is 21.2. The second kappa shape index (κ2) is 5.68. The Morgan fingerprint density at radius 2 is 1.76 bits per heavy atom. The van der Waals surface area contributed by atoms with Gasteiger partial charge in [-0.3, -0.25) is 0 Å². The van der Waals surface area contributed by atoms with Crippen LogP contribution in [0.4, 0.5) is 0 Å². The van der Waals surface area contributed by atoms with Gasteiger partial charge in [-0.15, -0.1) is 0 Å². The third-order valence-electron chi connectivity index (χ3n) is 4.08. The minimum atomic E-state index is 0.693. The quantitative estimate of drug-likeness (QED) is 0.818. The molecule has 1 N–H and O–H groups in total. The van der Waals surface area contributed by atoms with Crippen LogP contribution in [0.15, 0.2) is 12.1 Å². The zero-order valence-electron chi connectivity index (χ0n) is 11.5. The molecule has 1 aliphatic heterocycles. The van der Waals surface area contributed by atoms with Gasteiger partial charge in [-0.1, -0.05) is 25.0 Å². The second-order valence-corrected chi connectivity index (χ2v) is 5.57. The van der Waals surface area contributed by atoms with E-state index in [1.165, 1.54) is 60.9 Å². The standard InChI is InChI=1S/C16H25N/c1-12-9-14(3)15(10-13(12)2)11-16-7-5-4-6-8-17-16/h9-10,16-17H,4-8,11H2,1-3H3. The summed E-state index contributed by atoms with van der Waals surface area (Å²) in [5.41, 5.74) is 5.84. The molecule has 1 aromatic carbocycles. The van der Waals surface area contributed by atoms with Crippen molar-refractivity contribution in [3.63, 3.8) is 0 Å². The van der Waals surface area contributed by atoms with Crippen LogP contribution < -0.4 is 5.32 Å². The molecule has 94 valence electrons. The molecule has 0 aromatic heterocycles. The molecule has 0 amide bonds. The monoisotopic (exact) mass is 231 g/mol. The van der Waals surface area contributed by atoms with Crippen molar-refractivity contribution >= 4 is 0 Å². The summed E-state index contributed by atoms with van der Waals surface area (Å²) < 4.78 is 0. The van der Waals surface area contributed by atoms with Crippen LogP contribution in [-0.2, 0) is 6.42 Å². The number of hydrogen-bond acceptors (Lipinski definition) is 1. The molecule has 0 bridgehead atoms. The fourth-order valence-electron chi connectivity index (χ4n) is 2.78. The highest BCUT2D eigenvalue weighted by Crippen LogP contribution is 2.19. The summed E-state index contributed by atoms with van der Waals surface area (Å²) in [5, 5.41) is 3.69. The number of aryl methyl sites for hydroxylation is 3. The molecule has 1 aromatic rings. The summed E-state index contributed by atoms with van der Waals surface area (Å²) in [4.78, 5) is 0. The van der Waals surface area contributed by atoms with E-state index < -0.39 is 0 Å². The predicted molar refractivity (Wildman–Crippen MR) is 74.6 cm³/mol. The number of nitrogens with one attached hydrogen (secondary N) is 1. The summed E-state index contributed by atoms with van der Waals surface area (Å²) >= 11 is 0. The van der Waals surface area contributed by atoms with Crippen molar-refractivity contribution in [1.82, 2.24) is 5.32 Å². The zero-order valence-corrected chi connectivity index (χ0v) is 11.5. The summed E-state index contributed by atoms with van der Waals surface area (Å²) in [5.74, 6) is 0. The van der Waals surface area contributed by atoms with Crippen LogP contribution >= 0.6 is 0 Å². The van der Waals surface area contributed by atoms with Crippen LogP contribution in [-0.4, -0.2) is 12.6 Å². The molecule has 2 rings (SSSR count). The van der Waals surface area contributed by atoms with E-state index in [1.807, 2.05) is 0 Å². The van der Waals surface area contributed by atoms with Crippen molar-refractivity contribution in [3.8, 4) is 0 Å². The van der Waals surface area contributed by atoms with Gasteiger partial charge in [0.1, 0.15) is 0 Å². The van der Waals surface area contributed by atoms with Gasteiger partial charge in [0, 0.05) is 6.04 Å². The summed E-state index contributed by atoms with van der Waals surface area (Å²) in [6, 6.07) is 5.41. The van der Waals surface area contributed by atoms with Crippen molar-refractivity contribution in [2.45, 2.75) is 58.9 Å². The lowest BCUT2D eigenvalue weighted by atomic mass is 9.94. The Balaban J connectivity index is 2.09. The van der Waals surface area contributed by atoms with Gasteiger partial charge in [-0.05, 0) is 68.8 Å². The molecule has 0 radical (unpaired) electrons. The predicted octanol–water partition coefficient (Wildman–Crippen LogP) is 3.69. The van der Waals surface area contributed by atoms with Gasteiger partial charge in [-0.25, -0.2) is 0 Å².